The zero-order valence-electron chi connectivity index (χ0n) is 14.0. The molecule has 1 saturated heterocycles. The lowest BCUT2D eigenvalue weighted by Crippen LogP contribution is -2.29. The standard InChI is InChI=1S/C18H18N4O4/c1-2-15(23)19-13-5-3-4-11(8-13)17(25)22-7-6-12(10-22)14-9-16(24)21-18(26)20-14/h2-5,8-9,12H,1,6-7,10H2,(H,19,23)(H2,20,21,24,26). The van der Waals surface area contributed by atoms with Crippen LogP contribution in [0.4, 0.5) is 5.69 Å². The molecule has 0 aliphatic carbocycles. The Morgan fingerprint density at radius 2 is 2.04 bits per heavy atom. The third-order valence-corrected chi connectivity index (χ3v) is 4.26. The molecule has 1 fully saturated rings. The molecule has 3 rings (SSSR count). The average molecular weight is 354 g/mol. The molecule has 8 nitrogen and oxygen atoms in total. The lowest BCUT2D eigenvalue weighted by molar-refractivity contribution is -0.111. The second-order valence-electron chi connectivity index (χ2n) is 6.05. The number of likely N-dealkylation sites (tertiary alicyclic amines) is 1. The highest BCUT2D eigenvalue weighted by molar-refractivity contribution is 6.00. The van der Waals surface area contributed by atoms with Gasteiger partial charge in [0.25, 0.3) is 11.5 Å². The molecular formula is C18H18N4O4. The van der Waals surface area contributed by atoms with Crippen LogP contribution in [0.1, 0.15) is 28.4 Å². The van der Waals surface area contributed by atoms with E-state index in [0.29, 0.717) is 36.5 Å². The first kappa shape index (κ1) is 17.4. The summed E-state index contributed by atoms with van der Waals surface area (Å²) in [4.78, 5) is 53.4. The van der Waals surface area contributed by atoms with Crippen LogP contribution < -0.4 is 16.6 Å². The van der Waals surface area contributed by atoms with Crippen LogP contribution >= 0.6 is 0 Å². The van der Waals surface area contributed by atoms with E-state index in [1.807, 2.05) is 0 Å². The van der Waals surface area contributed by atoms with E-state index in [9.17, 15) is 19.2 Å². The lowest BCUT2D eigenvalue weighted by Gasteiger charge is -2.17. The summed E-state index contributed by atoms with van der Waals surface area (Å²) in [5, 5.41) is 2.62. The number of carbonyl (C=O) groups is 2. The third-order valence-electron chi connectivity index (χ3n) is 4.26. The van der Waals surface area contributed by atoms with Gasteiger partial charge in [0, 0.05) is 42.0 Å². The summed E-state index contributed by atoms with van der Waals surface area (Å²) in [6.07, 6.45) is 1.81. The number of amides is 2. The Bertz CT molecular complexity index is 947. The van der Waals surface area contributed by atoms with Crippen molar-refractivity contribution in [3.8, 4) is 0 Å². The van der Waals surface area contributed by atoms with E-state index >= 15 is 0 Å². The van der Waals surface area contributed by atoms with Crippen molar-refractivity contribution in [1.82, 2.24) is 14.9 Å². The van der Waals surface area contributed by atoms with E-state index in [1.54, 1.807) is 29.2 Å². The van der Waals surface area contributed by atoms with Crippen LogP contribution in [0, 0.1) is 0 Å². The molecule has 2 aromatic rings. The van der Waals surface area contributed by atoms with Crippen LogP contribution in [0.5, 0.6) is 0 Å². The van der Waals surface area contributed by atoms with Gasteiger partial charge in [-0.25, -0.2) is 4.79 Å². The molecule has 0 saturated carbocycles. The van der Waals surface area contributed by atoms with Gasteiger partial charge in [0.2, 0.25) is 5.91 Å². The molecule has 134 valence electrons. The summed E-state index contributed by atoms with van der Waals surface area (Å²) >= 11 is 0. The maximum absolute atomic E-state index is 12.7. The van der Waals surface area contributed by atoms with Gasteiger partial charge in [-0.05, 0) is 30.7 Å². The fourth-order valence-corrected chi connectivity index (χ4v) is 3.01. The Balaban J connectivity index is 1.74. The smallest absolute Gasteiger partial charge is 0.325 e. The fraction of sp³-hybridized carbons (Fsp3) is 0.222. The Morgan fingerprint density at radius 3 is 2.77 bits per heavy atom. The molecule has 1 unspecified atom stereocenters. The van der Waals surface area contributed by atoms with Crippen molar-refractivity contribution < 1.29 is 9.59 Å². The lowest BCUT2D eigenvalue weighted by atomic mass is 10.1. The molecule has 8 heteroatoms. The summed E-state index contributed by atoms with van der Waals surface area (Å²) in [6, 6.07) is 8.01. The summed E-state index contributed by atoms with van der Waals surface area (Å²) in [5.74, 6) is -0.624. The number of benzene rings is 1. The molecule has 1 aromatic heterocycles. The van der Waals surface area contributed by atoms with E-state index in [-0.39, 0.29) is 17.7 Å². The molecule has 1 aromatic carbocycles. The van der Waals surface area contributed by atoms with E-state index < -0.39 is 11.2 Å². The monoisotopic (exact) mass is 354 g/mol. The van der Waals surface area contributed by atoms with Crippen molar-refractivity contribution in [3.05, 3.63) is 75.1 Å². The van der Waals surface area contributed by atoms with Crippen LogP contribution in [-0.4, -0.2) is 39.8 Å². The van der Waals surface area contributed by atoms with Gasteiger partial charge < -0.3 is 15.2 Å². The molecule has 26 heavy (non-hydrogen) atoms. The molecule has 2 amide bonds. The van der Waals surface area contributed by atoms with Crippen LogP contribution in [0.2, 0.25) is 0 Å². The number of aromatic nitrogens is 2. The maximum atomic E-state index is 12.7. The van der Waals surface area contributed by atoms with Gasteiger partial charge >= 0.3 is 5.69 Å². The predicted molar refractivity (Wildman–Crippen MR) is 96.2 cm³/mol. The molecular weight excluding hydrogens is 336 g/mol. The minimum atomic E-state index is -0.553. The molecule has 0 spiro atoms. The third kappa shape index (κ3) is 3.80. The van der Waals surface area contributed by atoms with Gasteiger partial charge in [0.15, 0.2) is 0 Å². The number of H-pyrrole nitrogens is 2. The molecule has 0 radical (unpaired) electrons. The largest absolute Gasteiger partial charge is 0.338 e. The normalized spacial score (nSPS) is 16.3. The van der Waals surface area contributed by atoms with Crippen molar-refractivity contribution in [3.63, 3.8) is 0 Å². The Hall–Kier alpha value is -3.42. The van der Waals surface area contributed by atoms with Crippen LogP contribution in [0.25, 0.3) is 0 Å². The number of carbonyl (C=O) groups excluding carboxylic acids is 2. The molecule has 0 bridgehead atoms. The van der Waals surface area contributed by atoms with Crippen LogP contribution in [0.15, 0.2) is 52.6 Å². The van der Waals surface area contributed by atoms with E-state index in [0.717, 1.165) is 6.08 Å². The predicted octanol–water partition coefficient (Wildman–Crippen LogP) is 0.817. The first-order valence-electron chi connectivity index (χ1n) is 8.12. The first-order valence-corrected chi connectivity index (χ1v) is 8.12. The summed E-state index contributed by atoms with van der Waals surface area (Å²) in [7, 11) is 0. The summed E-state index contributed by atoms with van der Waals surface area (Å²) in [6.45, 7) is 4.31. The highest BCUT2D eigenvalue weighted by atomic mass is 16.2. The quantitative estimate of drug-likeness (QED) is 0.705. The zero-order valence-corrected chi connectivity index (χ0v) is 14.0. The minimum absolute atomic E-state index is 0.0994. The average Bonchev–Trinajstić information content (AvgIpc) is 3.10. The second-order valence-corrected chi connectivity index (χ2v) is 6.05. The van der Waals surface area contributed by atoms with Crippen molar-refractivity contribution in [2.45, 2.75) is 12.3 Å². The fourth-order valence-electron chi connectivity index (χ4n) is 3.01. The van der Waals surface area contributed by atoms with Crippen molar-refractivity contribution >= 4 is 17.5 Å². The van der Waals surface area contributed by atoms with E-state index in [1.165, 1.54) is 6.07 Å². The highest BCUT2D eigenvalue weighted by Crippen LogP contribution is 2.26. The van der Waals surface area contributed by atoms with Gasteiger partial charge in [-0.15, -0.1) is 0 Å². The van der Waals surface area contributed by atoms with Gasteiger partial charge in [-0.3, -0.25) is 19.4 Å². The van der Waals surface area contributed by atoms with Gasteiger partial charge in [0.05, 0.1) is 0 Å². The number of aromatic amines is 2. The molecule has 1 atom stereocenters. The summed E-state index contributed by atoms with van der Waals surface area (Å²) < 4.78 is 0. The van der Waals surface area contributed by atoms with Crippen molar-refractivity contribution in [2.75, 3.05) is 18.4 Å². The van der Waals surface area contributed by atoms with Crippen LogP contribution in [-0.2, 0) is 4.79 Å². The number of nitrogens with one attached hydrogen (secondary N) is 3. The highest BCUT2D eigenvalue weighted by Gasteiger charge is 2.29. The Morgan fingerprint density at radius 1 is 1.23 bits per heavy atom. The minimum Gasteiger partial charge on any atom is -0.338 e. The molecule has 3 N–H and O–H groups in total. The topological polar surface area (TPSA) is 115 Å². The SMILES string of the molecule is C=CC(=O)Nc1cccc(C(=O)N2CCC(c3cc(=O)[nH]c(=O)[nH]3)C2)c1. The van der Waals surface area contributed by atoms with Crippen molar-refractivity contribution in [1.29, 1.82) is 0 Å². The maximum Gasteiger partial charge on any atom is 0.325 e. The first-order chi connectivity index (χ1) is 12.5. The Kier molecular flexibility index (Phi) is 4.83. The van der Waals surface area contributed by atoms with Gasteiger partial charge in [0.1, 0.15) is 0 Å². The molecule has 2 heterocycles. The van der Waals surface area contributed by atoms with E-state index in [4.69, 9.17) is 0 Å². The number of nitrogens with zero attached hydrogens (tertiary/aromatic N) is 1. The second kappa shape index (κ2) is 7.22. The number of rotatable bonds is 4. The number of hydrogen-bond acceptors (Lipinski definition) is 4. The zero-order chi connectivity index (χ0) is 18.7. The van der Waals surface area contributed by atoms with Gasteiger partial charge in [-0.2, -0.15) is 0 Å². The molecule has 1 aliphatic rings. The number of anilines is 1. The molecule has 1 aliphatic heterocycles. The van der Waals surface area contributed by atoms with Gasteiger partial charge in [-0.1, -0.05) is 12.6 Å². The van der Waals surface area contributed by atoms with Crippen LogP contribution in [0.3, 0.4) is 0 Å². The number of hydrogen-bond donors (Lipinski definition) is 3. The van der Waals surface area contributed by atoms with E-state index in [2.05, 4.69) is 21.9 Å². The summed E-state index contributed by atoms with van der Waals surface area (Å²) in [5.41, 5.74) is 0.477. The Labute approximate surface area is 148 Å². The van der Waals surface area contributed by atoms with Crippen molar-refractivity contribution in [2.24, 2.45) is 0 Å².